The van der Waals surface area contributed by atoms with Gasteiger partial charge in [0.1, 0.15) is 0 Å². The zero-order valence-corrected chi connectivity index (χ0v) is 13.6. The SMILES string of the molecule is CC(=O)c1ccc(NC(=O)c2cnn(-c3cccc(Cl)c3)c2)cc1. The second-order valence-electron chi connectivity index (χ2n) is 5.24. The van der Waals surface area contributed by atoms with Crippen molar-refractivity contribution in [2.24, 2.45) is 0 Å². The Morgan fingerprint density at radius 3 is 2.50 bits per heavy atom. The summed E-state index contributed by atoms with van der Waals surface area (Å²) in [7, 11) is 0. The number of nitrogens with one attached hydrogen (secondary N) is 1. The second kappa shape index (κ2) is 6.68. The van der Waals surface area contributed by atoms with E-state index >= 15 is 0 Å². The lowest BCUT2D eigenvalue weighted by Crippen LogP contribution is -2.11. The number of carbonyl (C=O) groups is 2. The molecule has 24 heavy (non-hydrogen) atoms. The van der Waals surface area contributed by atoms with Gasteiger partial charge in [0.25, 0.3) is 5.91 Å². The van der Waals surface area contributed by atoms with Gasteiger partial charge in [0.15, 0.2) is 5.78 Å². The summed E-state index contributed by atoms with van der Waals surface area (Å²) in [5, 5.41) is 7.55. The third kappa shape index (κ3) is 3.52. The number of nitrogens with zero attached hydrogens (tertiary/aromatic N) is 2. The zero-order valence-electron chi connectivity index (χ0n) is 12.9. The van der Waals surface area contributed by atoms with Gasteiger partial charge in [0, 0.05) is 22.5 Å². The third-order valence-corrected chi connectivity index (χ3v) is 3.70. The minimum absolute atomic E-state index is 0.0179. The molecule has 0 aliphatic heterocycles. The molecular weight excluding hydrogens is 326 g/mol. The predicted octanol–water partition coefficient (Wildman–Crippen LogP) is 3.98. The van der Waals surface area contributed by atoms with Crippen LogP contribution in [0.5, 0.6) is 0 Å². The lowest BCUT2D eigenvalue weighted by molar-refractivity contribution is 0.101. The van der Waals surface area contributed by atoms with Gasteiger partial charge in [-0.1, -0.05) is 17.7 Å². The maximum atomic E-state index is 12.3. The molecule has 0 saturated carbocycles. The summed E-state index contributed by atoms with van der Waals surface area (Å²) in [4.78, 5) is 23.5. The monoisotopic (exact) mass is 339 g/mol. The van der Waals surface area contributed by atoms with Crippen molar-refractivity contribution in [3.63, 3.8) is 0 Å². The van der Waals surface area contributed by atoms with E-state index in [0.29, 0.717) is 21.8 Å². The van der Waals surface area contributed by atoms with Crippen LogP contribution in [-0.4, -0.2) is 21.5 Å². The first-order valence-corrected chi connectivity index (χ1v) is 7.64. The Kier molecular flexibility index (Phi) is 4.44. The molecular formula is C18H14ClN3O2. The molecule has 0 saturated heterocycles. The summed E-state index contributed by atoms with van der Waals surface area (Å²) < 4.78 is 1.58. The first-order chi connectivity index (χ1) is 11.5. The Labute approximate surface area is 143 Å². The van der Waals surface area contributed by atoms with Gasteiger partial charge in [-0.2, -0.15) is 5.10 Å². The Morgan fingerprint density at radius 2 is 1.83 bits per heavy atom. The first kappa shape index (κ1) is 16.0. The highest BCUT2D eigenvalue weighted by Gasteiger charge is 2.10. The Bertz CT molecular complexity index is 901. The van der Waals surface area contributed by atoms with Crippen molar-refractivity contribution in [3.8, 4) is 5.69 Å². The normalized spacial score (nSPS) is 10.4. The number of aromatic nitrogens is 2. The Morgan fingerprint density at radius 1 is 1.08 bits per heavy atom. The summed E-state index contributed by atoms with van der Waals surface area (Å²) in [6.07, 6.45) is 3.12. The number of halogens is 1. The molecule has 3 aromatic rings. The largest absolute Gasteiger partial charge is 0.322 e. The van der Waals surface area contributed by atoms with Gasteiger partial charge in [-0.05, 0) is 49.4 Å². The van der Waals surface area contributed by atoms with Gasteiger partial charge >= 0.3 is 0 Å². The van der Waals surface area contributed by atoms with Gasteiger partial charge in [0.2, 0.25) is 0 Å². The second-order valence-corrected chi connectivity index (χ2v) is 5.68. The molecule has 0 spiro atoms. The summed E-state index contributed by atoms with van der Waals surface area (Å²) >= 11 is 5.96. The van der Waals surface area contributed by atoms with E-state index < -0.39 is 0 Å². The predicted molar refractivity (Wildman–Crippen MR) is 93.0 cm³/mol. The molecule has 0 fully saturated rings. The number of anilines is 1. The molecule has 1 N–H and O–H groups in total. The van der Waals surface area contributed by atoms with E-state index in [1.54, 1.807) is 47.3 Å². The first-order valence-electron chi connectivity index (χ1n) is 7.26. The van der Waals surface area contributed by atoms with Crippen LogP contribution in [0.1, 0.15) is 27.6 Å². The molecule has 1 aromatic heterocycles. The van der Waals surface area contributed by atoms with Crippen molar-refractivity contribution in [1.82, 2.24) is 9.78 Å². The van der Waals surface area contributed by atoms with E-state index in [2.05, 4.69) is 10.4 Å². The molecule has 0 bridgehead atoms. The standard InChI is InChI=1S/C18H14ClN3O2/c1-12(23)13-5-7-16(8-6-13)21-18(24)14-10-20-22(11-14)17-4-2-3-15(19)9-17/h2-11H,1H3,(H,21,24). The molecule has 120 valence electrons. The minimum Gasteiger partial charge on any atom is -0.322 e. The van der Waals surface area contributed by atoms with E-state index in [9.17, 15) is 9.59 Å². The summed E-state index contributed by atoms with van der Waals surface area (Å²) in [5.74, 6) is -0.297. The van der Waals surface area contributed by atoms with Crippen LogP contribution in [0.2, 0.25) is 5.02 Å². The van der Waals surface area contributed by atoms with Crippen molar-refractivity contribution in [1.29, 1.82) is 0 Å². The van der Waals surface area contributed by atoms with Gasteiger partial charge in [0.05, 0.1) is 17.4 Å². The molecule has 6 heteroatoms. The topological polar surface area (TPSA) is 64.0 Å². The van der Waals surface area contributed by atoms with E-state index in [4.69, 9.17) is 11.6 Å². The highest BCUT2D eigenvalue weighted by molar-refractivity contribution is 6.30. The van der Waals surface area contributed by atoms with Gasteiger partial charge in [-0.3, -0.25) is 9.59 Å². The van der Waals surface area contributed by atoms with Crippen LogP contribution in [0.25, 0.3) is 5.69 Å². The number of hydrogen-bond acceptors (Lipinski definition) is 3. The van der Waals surface area contributed by atoms with Crippen LogP contribution >= 0.6 is 11.6 Å². The fourth-order valence-corrected chi connectivity index (χ4v) is 2.38. The molecule has 2 aromatic carbocycles. The number of hydrogen-bond donors (Lipinski definition) is 1. The zero-order chi connectivity index (χ0) is 17.1. The average molecular weight is 340 g/mol. The van der Waals surface area contributed by atoms with Gasteiger partial charge in [-0.15, -0.1) is 0 Å². The number of carbonyl (C=O) groups excluding carboxylic acids is 2. The summed E-state index contributed by atoms with van der Waals surface area (Å²) in [6.45, 7) is 1.50. The van der Waals surface area contributed by atoms with Gasteiger partial charge in [-0.25, -0.2) is 4.68 Å². The van der Waals surface area contributed by atoms with Crippen molar-refractivity contribution >= 4 is 29.0 Å². The molecule has 0 radical (unpaired) electrons. The van der Waals surface area contributed by atoms with E-state index in [-0.39, 0.29) is 11.7 Å². The fourth-order valence-electron chi connectivity index (χ4n) is 2.19. The highest BCUT2D eigenvalue weighted by atomic mass is 35.5. The van der Waals surface area contributed by atoms with Crippen molar-refractivity contribution < 1.29 is 9.59 Å². The van der Waals surface area contributed by atoms with Crippen LogP contribution in [0.4, 0.5) is 5.69 Å². The molecule has 0 unspecified atom stereocenters. The molecule has 0 aliphatic carbocycles. The van der Waals surface area contributed by atoms with Crippen molar-refractivity contribution in [3.05, 3.63) is 77.1 Å². The van der Waals surface area contributed by atoms with Crippen LogP contribution < -0.4 is 5.32 Å². The Hall–Kier alpha value is -2.92. The van der Waals surface area contributed by atoms with Crippen LogP contribution in [0, 0.1) is 0 Å². The van der Waals surface area contributed by atoms with Crippen LogP contribution in [0.3, 0.4) is 0 Å². The van der Waals surface area contributed by atoms with Gasteiger partial charge < -0.3 is 5.32 Å². The maximum Gasteiger partial charge on any atom is 0.258 e. The Balaban J connectivity index is 1.75. The average Bonchev–Trinajstić information content (AvgIpc) is 3.05. The lowest BCUT2D eigenvalue weighted by atomic mass is 10.1. The molecule has 0 aliphatic rings. The third-order valence-electron chi connectivity index (χ3n) is 3.47. The fraction of sp³-hybridized carbons (Fsp3) is 0.0556. The molecule has 1 amide bonds. The number of ketones is 1. The summed E-state index contributed by atoms with van der Waals surface area (Å²) in [6, 6.07) is 13.9. The molecule has 5 nitrogen and oxygen atoms in total. The van der Waals surface area contributed by atoms with E-state index in [1.807, 2.05) is 12.1 Å². The van der Waals surface area contributed by atoms with Crippen LogP contribution in [-0.2, 0) is 0 Å². The molecule has 3 rings (SSSR count). The maximum absolute atomic E-state index is 12.3. The summed E-state index contributed by atoms with van der Waals surface area (Å²) in [5.41, 5.74) is 2.40. The number of amides is 1. The number of Topliss-reactive ketones (excluding diaryl/α,β-unsaturated/α-hetero) is 1. The quantitative estimate of drug-likeness (QED) is 0.731. The lowest BCUT2D eigenvalue weighted by Gasteiger charge is -2.04. The van der Waals surface area contributed by atoms with Crippen molar-refractivity contribution in [2.45, 2.75) is 6.92 Å². The van der Waals surface area contributed by atoms with Crippen LogP contribution in [0.15, 0.2) is 60.9 Å². The number of benzene rings is 2. The van der Waals surface area contributed by atoms with E-state index in [1.165, 1.54) is 13.1 Å². The minimum atomic E-state index is -0.279. The molecule has 0 atom stereocenters. The van der Waals surface area contributed by atoms with E-state index in [0.717, 1.165) is 5.69 Å². The number of rotatable bonds is 4. The smallest absolute Gasteiger partial charge is 0.258 e. The highest BCUT2D eigenvalue weighted by Crippen LogP contribution is 2.16. The molecule has 1 heterocycles. The van der Waals surface area contributed by atoms with Crippen molar-refractivity contribution in [2.75, 3.05) is 5.32 Å².